The van der Waals surface area contributed by atoms with Crippen LogP contribution in [-0.2, 0) is 14.3 Å². The van der Waals surface area contributed by atoms with E-state index in [1.54, 1.807) is 48.5 Å². The van der Waals surface area contributed by atoms with E-state index in [4.69, 9.17) is 14.2 Å². The molecule has 0 radical (unpaired) electrons. The van der Waals surface area contributed by atoms with Crippen LogP contribution in [0.25, 0.3) is 0 Å². The van der Waals surface area contributed by atoms with Crippen molar-refractivity contribution < 1.29 is 33.4 Å². The van der Waals surface area contributed by atoms with Crippen LogP contribution in [-0.4, -0.2) is 43.2 Å². The van der Waals surface area contributed by atoms with Crippen molar-refractivity contribution in [2.75, 3.05) is 19.1 Å². The lowest BCUT2D eigenvalue weighted by atomic mass is 9.77. The van der Waals surface area contributed by atoms with Crippen LogP contribution in [0.1, 0.15) is 37.9 Å². The highest BCUT2D eigenvalue weighted by Crippen LogP contribution is 2.58. The molecule has 0 N–H and O–H groups in total. The van der Waals surface area contributed by atoms with Gasteiger partial charge in [-0.25, -0.2) is 4.90 Å². The van der Waals surface area contributed by atoms with Gasteiger partial charge in [0.25, 0.3) is 0 Å². The minimum Gasteiger partial charge on any atom is -0.493 e. The van der Waals surface area contributed by atoms with Gasteiger partial charge in [-0.15, -0.1) is 0 Å². The Morgan fingerprint density at radius 3 is 2.03 bits per heavy atom. The molecule has 0 unspecified atom stereocenters. The summed E-state index contributed by atoms with van der Waals surface area (Å²) in [7, 11) is 2.94. The van der Waals surface area contributed by atoms with Gasteiger partial charge in [0.1, 0.15) is 0 Å². The molecule has 3 aliphatic rings. The number of anilines is 1. The number of fused-ring (bicyclic) bond motifs is 3. The third-order valence-electron chi connectivity index (χ3n) is 7.64. The fourth-order valence-corrected chi connectivity index (χ4v) is 5.92. The third kappa shape index (κ3) is 2.93. The zero-order valence-corrected chi connectivity index (χ0v) is 20.4. The van der Waals surface area contributed by atoms with E-state index < -0.39 is 46.9 Å². The van der Waals surface area contributed by atoms with Gasteiger partial charge in [0, 0.05) is 17.2 Å². The first-order valence-corrected chi connectivity index (χ1v) is 11.9. The molecule has 8 heteroatoms. The first kappa shape index (κ1) is 23.1. The predicted molar refractivity (Wildman–Crippen MR) is 132 cm³/mol. The van der Waals surface area contributed by atoms with E-state index in [1.165, 1.54) is 20.3 Å². The number of methoxy groups -OCH3 is 2. The van der Waals surface area contributed by atoms with Gasteiger partial charge in [-0.05, 0) is 30.2 Å². The molecule has 2 aliphatic heterocycles. The van der Waals surface area contributed by atoms with E-state index >= 15 is 0 Å². The number of benzene rings is 3. The van der Waals surface area contributed by atoms with Crippen molar-refractivity contribution >= 4 is 29.1 Å². The van der Waals surface area contributed by atoms with Crippen molar-refractivity contribution in [3.8, 4) is 11.5 Å². The third-order valence-corrected chi connectivity index (χ3v) is 7.64. The Bertz CT molecular complexity index is 1470. The maximum absolute atomic E-state index is 14.1. The van der Waals surface area contributed by atoms with Crippen molar-refractivity contribution in [3.05, 3.63) is 89.0 Å². The molecule has 1 aliphatic carbocycles. The molecule has 3 aromatic rings. The second-order valence-corrected chi connectivity index (χ2v) is 9.39. The highest BCUT2D eigenvalue weighted by atomic mass is 16.5. The molecule has 3 atom stereocenters. The topological polar surface area (TPSA) is 99.2 Å². The lowest BCUT2D eigenvalue weighted by Crippen LogP contribution is -2.51. The van der Waals surface area contributed by atoms with Crippen LogP contribution < -0.4 is 14.4 Å². The Balaban J connectivity index is 1.54. The number of nitrogens with zero attached hydrogens (tertiary/aromatic N) is 1. The van der Waals surface area contributed by atoms with E-state index in [2.05, 4.69) is 0 Å². The van der Waals surface area contributed by atoms with Gasteiger partial charge in [0.05, 0.1) is 37.8 Å². The number of ketones is 2. The van der Waals surface area contributed by atoms with E-state index in [-0.39, 0.29) is 16.8 Å². The van der Waals surface area contributed by atoms with Crippen LogP contribution in [0, 0.1) is 18.8 Å². The SMILES string of the molecule is COc1ccc(N2C(=O)[C@H]3[C@@H](C2=O)C2(O[C@H]3c3ccccc3C)C(=O)c3ccccc3C2=O)cc1OC. The number of imide groups is 1. The molecule has 2 saturated heterocycles. The molecule has 0 saturated carbocycles. The number of carbonyl (C=O) groups is 4. The van der Waals surface area contributed by atoms with E-state index in [0.717, 1.165) is 10.5 Å². The average molecular weight is 498 g/mol. The van der Waals surface area contributed by atoms with Crippen molar-refractivity contribution in [2.45, 2.75) is 18.6 Å². The summed E-state index contributed by atoms with van der Waals surface area (Å²) in [6, 6.07) is 18.4. The van der Waals surface area contributed by atoms with E-state index in [9.17, 15) is 19.2 Å². The van der Waals surface area contributed by atoms with Gasteiger partial charge in [-0.3, -0.25) is 19.2 Å². The van der Waals surface area contributed by atoms with Crippen molar-refractivity contribution in [1.29, 1.82) is 0 Å². The molecule has 2 heterocycles. The molecule has 2 amide bonds. The molecule has 0 bridgehead atoms. The van der Waals surface area contributed by atoms with E-state index in [1.807, 2.05) is 19.1 Å². The summed E-state index contributed by atoms with van der Waals surface area (Å²) in [4.78, 5) is 56.8. The predicted octanol–water partition coefficient (Wildman–Crippen LogP) is 3.71. The Morgan fingerprint density at radius 2 is 1.41 bits per heavy atom. The molecule has 0 aromatic heterocycles. The van der Waals surface area contributed by atoms with Gasteiger partial charge in [-0.1, -0.05) is 48.5 Å². The standard InChI is InChI=1S/C29H23NO7/c1-15-8-4-5-9-17(15)24-22-23(29(37-24)25(31)18-10-6-7-11-19(18)26(29)32)28(34)30(27(22)33)16-12-13-20(35-2)21(14-16)36-3/h4-14,22-24H,1-3H3/t22-,23-,24-/m0/s1. The minimum absolute atomic E-state index is 0.196. The summed E-state index contributed by atoms with van der Waals surface area (Å²) in [5, 5.41) is 0. The van der Waals surface area contributed by atoms with Gasteiger partial charge in [0.2, 0.25) is 29.0 Å². The van der Waals surface area contributed by atoms with Crippen LogP contribution in [0.2, 0.25) is 0 Å². The molecule has 2 fully saturated rings. The normalized spacial score (nSPS) is 23.5. The van der Waals surface area contributed by atoms with Crippen LogP contribution in [0.5, 0.6) is 11.5 Å². The van der Waals surface area contributed by atoms with Crippen molar-refractivity contribution in [1.82, 2.24) is 0 Å². The fourth-order valence-electron chi connectivity index (χ4n) is 5.92. The lowest BCUT2D eigenvalue weighted by Gasteiger charge is -2.27. The van der Waals surface area contributed by atoms with Gasteiger partial charge >= 0.3 is 0 Å². The van der Waals surface area contributed by atoms with Gasteiger partial charge in [-0.2, -0.15) is 0 Å². The zero-order valence-electron chi connectivity index (χ0n) is 20.4. The number of Topliss-reactive ketones (excluding diaryl/α,β-unsaturated/α-hetero) is 2. The van der Waals surface area contributed by atoms with Crippen LogP contribution in [0.4, 0.5) is 5.69 Å². The number of hydrogen-bond donors (Lipinski definition) is 0. The first-order chi connectivity index (χ1) is 17.8. The highest BCUT2D eigenvalue weighted by Gasteiger charge is 2.74. The number of carbonyl (C=O) groups excluding carboxylic acids is 4. The maximum Gasteiger partial charge on any atom is 0.241 e. The monoisotopic (exact) mass is 497 g/mol. The summed E-state index contributed by atoms with van der Waals surface area (Å²) >= 11 is 0. The summed E-state index contributed by atoms with van der Waals surface area (Å²) < 4.78 is 17.0. The molecule has 1 spiro atoms. The number of ether oxygens (including phenoxy) is 3. The molecular formula is C29H23NO7. The highest BCUT2D eigenvalue weighted by molar-refractivity contribution is 6.37. The largest absolute Gasteiger partial charge is 0.493 e. The number of amides is 2. The molecule has 37 heavy (non-hydrogen) atoms. The summed E-state index contributed by atoms with van der Waals surface area (Å²) in [6.45, 7) is 1.86. The second kappa shape index (κ2) is 8.11. The Morgan fingerprint density at radius 1 is 0.784 bits per heavy atom. The first-order valence-electron chi connectivity index (χ1n) is 11.9. The quantitative estimate of drug-likeness (QED) is 0.400. The molecule has 8 nitrogen and oxygen atoms in total. The average Bonchev–Trinajstić information content (AvgIpc) is 3.48. The summed E-state index contributed by atoms with van der Waals surface area (Å²) in [5.74, 6) is -3.99. The minimum atomic E-state index is -2.11. The number of hydrogen-bond acceptors (Lipinski definition) is 7. The van der Waals surface area contributed by atoms with Crippen LogP contribution >= 0.6 is 0 Å². The lowest BCUT2D eigenvalue weighted by molar-refractivity contribution is -0.127. The molecule has 186 valence electrons. The van der Waals surface area contributed by atoms with Crippen LogP contribution in [0.3, 0.4) is 0 Å². The molecular weight excluding hydrogens is 474 g/mol. The van der Waals surface area contributed by atoms with E-state index in [0.29, 0.717) is 17.1 Å². The second-order valence-electron chi connectivity index (χ2n) is 9.39. The Kier molecular flexibility index (Phi) is 5.07. The van der Waals surface area contributed by atoms with Gasteiger partial charge < -0.3 is 14.2 Å². The Labute approximate surface area is 212 Å². The van der Waals surface area contributed by atoms with Crippen LogP contribution in [0.15, 0.2) is 66.7 Å². The number of aryl methyl sites for hydroxylation is 1. The molecule has 3 aromatic carbocycles. The Hall–Kier alpha value is -4.30. The fraction of sp³-hybridized carbons (Fsp3) is 0.241. The van der Waals surface area contributed by atoms with Crippen molar-refractivity contribution in [3.63, 3.8) is 0 Å². The van der Waals surface area contributed by atoms with Crippen molar-refractivity contribution in [2.24, 2.45) is 11.8 Å². The zero-order chi connectivity index (χ0) is 26.1. The molecule has 6 rings (SSSR count). The smallest absolute Gasteiger partial charge is 0.241 e. The summed E-state index contributed by atoms with van der Waals surface area (Å²) in [6.07, 6.45) is -0.963. The summed E-state index contributed by atoms with van der Waals surface area (Å²) in [5.41, 5.74) is 0.0169. The number of rotatable bonds is 4. The maximum atomic E-state index is 14.1. The van der Waals surface area contributed by atoms with Gasteiger partial charge in [0.15, 0.2) is 11.5 Å².